The third-order valence-electron chi connectivity index (χ3n) is 5.00. The van der Waals surface area contributed by atoms with E-state index in [4.69, 9.17) is 11.1 Å². The molecule has 0 bridgehead atoms. The molecular weight excluding hydrogens is 401 g/mol. The summed E-state index contributed by atoms with van der Waals surface area (Å²) >= 11 is 0. The molecule has 0 spiro atoms. The molecule has 7 nitrogen and oxygen atoms in total. The number of amidine groups is 1. The predicted octanol–water partition coefficient (Wildman–Crippen LogP) is 3.96. The van der Waals surface area contributed by atoms with Crippen molar-refractivity contribution in [3.8, 4) is 33.9 Å². The molecule has 0 aliphatic rings. The second-order valence-corrected chi connectivity index (χ2v) is 7.17. The monoisotopic (exact) mass is 419 g/mol. The van der Waals surface area contributed by atoms with E-state index in [2.05, 4.69) is 4.98 Å². The maximum Gasteiger partial charge on any atom is 0.307 e. The number of carbonyl (C=O) groups is 1. The average Bonchev–Trinajstić information content (AvgIpc) is 3.13. The molecule has 0 radical (unpaired) electrons. The summed E-state index contributed by atoms with van der Waals surface area (Å²) in [4.78, 5) is 14.4. The molecule has 1 aromatic heterocycles. The van der Waals surface area contributed by atoms with Crippen LogP contribution in [0.25, 0.3) is 33.3 Å². The first-order chi connectivity index (χ1) is 14.7. The number of aromatic amines is 1. The lowest BCUT2D eigenvalue weighted by Gasteiger charge is -2.13. The summed E-state index contributed by atoms with van der Waals surface area (Å²) in [6.07, 6.45) is -0.328. The van der Waals surface area contributed by atoms with Gasteiger partial charge in [-0.05, 0) is 60.2 Å². The van der Waals surface area contributed by atoms with Gasteiger partial charge in [0, 0.05) is 33.2 Å². The molecule has 0 unspecified atom stereocenters. The molecule has 0 saturated heterocycles. The summed E-state index contributed by atoms with van der Waals surface area (Å²) in [5.41, 5.74) is 8.09. The fourth-order valence-corrected chi connectivity index (χ4v) is 3.55. The lowest BCUT2D eigenvalue weighted by Crippen LogP contribution is -2.10. The number of hydrogen-bond donors (Lipinski definition) is 6. The second-order valence-electron chi connectivity index (χ2n) is 7.17. The Labute approximate surface area is 175 Å². The van der Waals surface area contributed by atoms with Crippen LogP contribution in [0.5, 0.6) is 11.5 Å². The molecule has 156 valence electrons. The first kappa shape index (κ1) is 20.0. The summed E-state index contributed by atoms with van der Waals surface area (Å²) in [5.74, 6) is -2.26. The molecule has 0 amide bonds. The Balaban J connectivity index is 1.95. The average molecular weight is 419 g/mol. The van der Waals surface area contributed by atoms with E-state index in [9.17, 15) is 24.5 Å². The van der Waals surface area contributed by atoms with Crippen LogP contribution in [0, 0.1) is 11.2 Å². The molecule has 4 rings (SSSR count). The zero-order chi connectivity index (χ0) is 22.3. The number of fused-ring (bicyclic) bond motifs is 1. The lowest BCUT2D eigenvalue weighted by atomic mass is 9.95. The van der Waals surface area contributed by atoms with E-state index < -0.39 is 11.8 Å². The molecule has 8 heteroatoms. The van der Waals surface area contributed by atoms with Gasteiger partial charge in [-0.2, -0.15) is 0 Å². The molecular formula is C23H18FN3O4. The highest BCUT2D eigenvalue weighted by atomic mass is 19.1. The number of aliphatic carboxylic acids is 1. The van der Waals surface area contributed by atoms with Crippen molar-refractivity contribution in [2.24, 2.45) is 5.73 Å². The summed E-state index contributed by atoms with van der Waals surface area (Å²) in [6, 6.07) is 13.1. The quantitative estimate of drug-likeness (QED) is 0.214. The Morgan fingerprint density at radius 3 is 2.45 bits per heavy atom. The van der Waals surface area contributed by atoms with Crippen molar-refractivity contribution < 1.29 is 24.5 Å². The molecule has 1 heterocycles. The van der Waals surface area contributed by atoms with Gasteiger partial charge in [0.2, 0.25) is 0 Å². The van der Waals surface area contributed by atoms with Gasteiger partial charge >= 0.3 is 5.97 Å². The minimum Gasteiger partial charge on any atom is -0.507 e. The number of rotatable bonds is 5. The Hall–Kier alpha value is -4.33. The number of nitrogen functional groups attached to an aromatic ring is 1. The fraction of sp³-hybridized carbons (Fsp3) is 0.0435. The minimum absolute atomic E-state index is 0.0426. The van der Waals surface area contributed by atoms with Gasteiger partial charge in [0.25, 0.3) is 0 Å². The van der Waals surface area contributed by atoms with Crippen LogP contribution in [0.1, 0.15) is 11.1 Å². The molecule has 3 aromatic carbocycles. The Kier molecular flexibility index (Phi) is 4.82. The number of phenols is 2. The van der Waals surface area contributed by atoms with Gasteiger partial charge in [0.15, 0.2) is 0 Å². The van der Waals surface area contributed by atoms with E-state index in [0.717, 1.165) is 23.0 Å². The van der Waals surface area contributed by atoms with Crippen LogP contribution in [-0.4, -0.2) is 32.1 Å². The first-order valence-electron chi connectivity index (χ1n) is 9.27. The Morgan fingerprint density at radius 1 is 1.00 bits per heavy atom. The molecule has 0 aliphatic carbocycles. The van der Waals surface area contributed by atoms with Crippen molar-refractivity contribution >= 4 is 22.7 Å². The highest BCUT2D eigenvalue weighted by Gasteiger charge is 2.19. The van der Waals surface area contributed by atoms with Gasteiger partial charge in [-0.1, -0.05) is 0 Å². The number of nitrogens with one attached hydrogen (secondary N) is 2. The van der Waals surface area contributed by atoms with E-state index in [1.54, 1.807) is 24.3 Å². The number of nitrogens with two attached hydrogens (primary N) is 1. The number of benzene rings is 3. The molecule has 0 aliphatic heterocycles. The number of carboxylic acid groups (broad SMARTS) is 1. The minimum atomic E-state index is -1.08. The Bertz CT molecular complexity index is 1360. The maximum atomic E-state index is 13.8. The number of aromatic nitrogens is 1. The van der Waals surface area contributed by atoms with Crippen molar-refractivity contribution in [2.75, 3.05) is 0 Å². The van der Waals surface area contributed by atoms with E-state index in [-0.39, 0.29) is 40.4 Å². The van der Waals surface area contributed by atoms with Gasteiger partial charge in [0.1, 0.15) is 23.2 Å². The smallest absolute Gasteiger partial charge is 0.307 e. The van der Waals surface area contributed by atoms with Crippen LogP contribution in [-0.2, 0) is 11.2 Å². The lowest BCUT2D eigenvalue weighted by molar-refractivity contribution is -0.136. The zero-order valence-electron chi connectivity index (χ0n) is 16.1. The summed E-state index contributed by atoms with van der Waals surface area (Å²) in [6.45, 7) is 0. The molecule has 31 heavy (non-hydrogen) atoms. The number of H-pyrrole nitrogens is 1. The van der Waals surface area contributed by atoms with Crippen molar-refractivity contribution in [1.29, 1.82) is 5.41 Å². The van der Waals surface area contributed by atoms with Crippen molar-refractivity contribution in [1.82, 2.24) is 4.98 Å². The zero-order valence-corrected chi connectivity index (χ0v) is 16.1. The molecule has 0 atom stereocenters. The summed E-state index contributed by atoms with van der Waals surface area (Å²) in [7, 11) is 0. The van der Waals surface area contributed by atoms with E-state index in [1.807, 2.05) is 0 Å². The van der Waals surface area contributed by atoms with E-state index in [0.29, 0.717) is 16.8 Å². The summed E-state index contributed by atoms with van der Waals surface area (Å²) in [5, 5.41) is 38.8. The molecule has 4 aromatic rings. The number of phenolic OH excluding ortho intramolecular Hbond substituents is 2. The van der Waals surface area contributed by atoms with Crippen LogP contribution in [0.2, 0.25) is 0 Å². The van der Waals surface area contributed by atoms with Crippen molar-refractivity contribution in [3.05, 3.63) is 71.5 Å². The topological polar surface area (TPSA) is 143 Å². The fourth-order valence-electron chi connectivity index (χ4n) is 3.55. The summed E-state index contributed by atoms with van der Waals surface area (Å²) < 4.78 is 13.8. The van der Waals surface area contributed by atoms with Crippen molar-refractivity contribution in [3.63, 3.8) is 0 Å². The van der Waals surface area contributed by atoms with Crippen LogP contribution < -0.4 is 5.73 Å². The van der Waals surface area contributed by atoms with Crippen LogP contribution in [0.3, 0.4) is 0 Å². The molecule has 0 saturated carbocycles. The SMILES string of the molecule is N=C(N)c1ccc2[nH]c(-c3cc(CC(=O)O)cc(-c4cc(F)ccc4O)c3O)cc2c1. The predicted molar refractivity (Wildman–Crippen MR) is 115 cm³/mol. The van der Waals surface area contributed by atoms with Gasteiger partial charge in [-0.25, -0.2) is 4.39 Å². The van der Waals surface area contributed by atoms with Crippen LogP contribution in [0.15, 0.2) is 54.6 Å². The van der Waals surface area contributed by atoms with Gasteiger partial charge in [0.05, 0.1) is 12.1 Å². The highest BCUT2D eigenvalue weighted by Crippen LogP contribution is 2.43. The van der Waals surface area contributed by atoms with Crippen LogP contribution in [0.4, 0.5) is 4.39 Å². The number of aromatic hydroxyl groups is 2. The van der Waals surface area contributed by atoms with Gasteiger partial charge in [-0.3, -0.25) is 10.2 Å². The maximum absolute atomic E-state index is 13.8. The standard InChI is InChI=1S/C23H18FN3O4/c24-14-2-4-20(28)15(10-14)16-5-11(7-21(29)30)6-17(22(16)31)19-9-13-8-12(23(25)26)1-3-18(13)27-19/h1-6,8-10,27-28,31H,7H2,(H3,25,26)(H,29,30). The Morgan fingerprint density at radius 2 is 1.74 bits per heavy atom. The van der Waals surface area contributed by atoms with Gasteiger partial charge < -0.3 is 26.0 Å². The third-order valence-corrected chi connectivity index (χ3v) is 5.00. The number of hydrogen-bond acceptors (Lipinski definition) is 4. The molecule has 7 N–H and O–H groups in total. The number of halogens is 1. The second kappa shape index (κ2) is 7.49. The third kappa shape index (κ3) is 3.78. The molecule has 0 fully saturated rings. The number of carboxylic acids is 1. The van der Waals surface area contributed by atoms with Crippen molar-refractivity contribution in [2.45, 2.75) is 6.42 Å². The largest absolute Gasteiger partial charge is 0.507 e. The van der Waals surface area contributed by atoms with Crippen LogP contribution >= 0.6 is 0 Å². The van der Waals surface area contributed by atoms with E-state index in [1.165, 1.54) is 18.2 Å². The van der Waals surface area contributed by atoms with Gasteiger partial charge in [-0.15, -0.1) is 0 Å². The van der Waals surface area contributed by atoms with E-state index >= 15 is 0 Å². The highest BCUT2D eigenvalue weighted by molar-refractivity contribution is 6.00. The normalized spacial score (nSPS) is 11.0. The first-order valence-corrected chi connectivity index (χ1v) is 9.27.